The maximum atomic E-state index is 12.7. The number of ether oxygens (including phenoxy) is 1. The second-order valence-corrected chi connectivity index (χ2v) is 4.60. The number of benzene rings is 2. The summed E-state index contributed by atoms with van der Waals surface area (Å²) in [5.41, 5.74) is 2.34. The Morgan fingerprint density at radius 3 is 2.65 bits per heavy atom. The van der Waals surface area contributed by atoms with Crippen molar-refractivity contribution >= 4 is 10.9 Å². The summed E-state index contributed by atoms with van der Waals surface area (Å²) in [5, 5.41) is 0.579. The predicted molar refractivity (Wildman–Crippen MR) is 78.6 cm³/mol. The number of para-hydroxylation sites is 1. The fourth-order valence-electron chi connectivity index (χ4n) is 2.24. The molecule has 4 heteroatoms. The van der Waals surface area contributed by atoms with E-state index in [2.05, 4.69) is 4.98 Å². The van der Waals surface area contributed by atoms with Crippen LogP contribution < -0.4 is 10.3 Å². The number of methoxy groups -OCH3 is 1. The minimum atomic E-state index is -0.127. The average Bonchev–Trinajstić information content (AvgIpc) is 2.47. The molecule has 0 radical (unpaired) electrons. The lowest BCUT2D eigenvalue weighted by Gasteiger charge is -2.12. The molecule has 0 amide bonds. The molecule has 2 aromatic carbocycles. The first-order valence-corrected chi connectivity index (χ1v) is 6.33. The van der Waals surface area contributed by atoms with Gasteiger partial charge in [0.05, 0.1) is 23.7 Å². The zero-order valence-corrected chi connectivity index (χ0v) is 11.3. The van der Waals surface area contributed by atoms with Crippen LogP contribution in [-0.2, 0) is 0 Å². The molecule has 0 fully saturated rings. The van der Waals surface area contributed by atoms with Gasteiger partial charge in [-0.1, -0.05) is 24.3 Å². The minimum Gasteiger partial charge on any atom is -0.468 e. The lowest BCUT2D eigenvalue weighted by molar-refractivity contribution is 0.368. The molecule has 0 bridgehead atoms. The van der Waals surface area contributed by atoms with E-state index in [1.165, 1.54) is 11.7 Å². The highest BCUT2D eigenvalue weighted by molar-refractivity contribution is 5.78. The summed E-state index contributed by atoms with van der Waals surface area (Å²) >= 11 is 0. The number of rotatable bonds is 2. The third kappa shape index (κ3) is 1.95. The van der Waals surface area contributed by atoms with Gasteiger partial charge in [-0.25, -0.2) is 4.57 Å². The van der Waals surface area contributed by atoms with E-state index in [1.54, 1.807) is 12.1 Å². The van der Waals surface area contributed by atoms with Gasteiger partial charge in [0, 0.05) is 0 Å². The van der Waals surface area contributed by atoms with Crippen molar-refractivity contribution in [3.05, 3.63) is 64.4 Å². The molecule has 0 saturated heterocycles. The van der Waals surface area contributed by atoms with Gasteiger partial charge in [0.1, 0.15) is 0 Å². The maximum Gasteiger partial charge on any atom is 0.304 e. The molecule has 0 spiro atoms. The molecule has 1 heterocycles. The van der Waals surface area contributed by atoms with E-state index in [0.29, 0.717) is 16.9 Å². The summed E-state index contributed by atoms with van der Waals surface area (Å²) < 4.78 is 6.78. The summed E-state index contributed by atoms with van der Waals surface area (Å²) in [4.78, 5) is 17.1. The molecular weight excluding hydrogens is 252 g/mol. The molecule has 1 aromatic heterocycles. The Morgan fingerprint density at radius 2 is 1.90 bits per heavy atom. The van der Waals surface area contributed by atoms with Gasteiger partial charge in [-0.15, -0.1) is 0 Å². The lowest BCUT2D eigenvalue weighted by Crippen LogP contribution is -2.21. The van der Waals surface area contributed by atoms with Crippen molar-refractivity contribution in [2.75, 3.05) is 7.11 Å². The Balaban J connectivity index is 2.40. The van der Waals surface area contributed by atoms with E-state index in [9.17, 15) is 4.79 Å². The van der Waals surface area contributed by atoms with Crippen LogP contribution in [0.25, 0.3) is 16.6 Å². The number of fused-ring (bicyclic) bond motifs is 1. The zero-order valence-electron chi connectivity index (χ0n) is 11.3. The normalized spacial score (nSPS) is 10.7. The molecule has 0 unspecified atom stereocenters. The van der Waals surface area contributed by atoms with Gasteiger partial charge in [0.15, 0.2) is 0 Å². The molecule has 0 N–H and O–H groups in total. The Bertz CT molecular complexity index is 837. The van der Waals surface area contributed by atoms with Crippen LogP contribution in [0.3, 0.4) is 0 Å². The number of hydrogen-bond donors (Lipinski definition) is 0. The Morgan fingerprint density at radius 1 is 1.10 bits per heavy atom. The molecular formula is C16H14N2O2. The van der Waals surface area contributed by atoms with E-state index in [4.69, 9.17) is 4.74 Å². The van der Waals surface area contributed by atoms with Crippen molar-refractivity contribution in [3.63, 3.8) is 0 Å². The van der Waals surface area contributed by atoms with Gasteiger partial charge in [-0.2, -0.15) is 4.98 Å². The summed E-state index contributed by atoms with van der Waals surface area (Å²) in [6.07, 6.45) is 0. The molecule has 3 aromatic rings. The first kappa shape index (κ1) is 12.4. The number of aromatic nitrogens is 2. The van der Waals surface area contributed by atoms with Crippen LogP contribution in [0, 0.1) is 6.92 Å². The van der Waals surface area contributed by atoms with Gasteiger partial charge in [-0.3, -0.25) is 4.79 Å². The fourth-order valence-corrected chi connectivity index (χ4v) is 2.24. The summed E-state index contributed by atoms with van der Waals surface area (Å²) in [6.45, 7) is 1.98. The summed E-state index contributed by atoms with van der Waals surface area (Å²) in [7, 11) is 1.52. The zero-order chi connectivity index (χ0) is 14.1. The molecule has 0 aliphatic rings. The molecule has 100 valence electrons. The summed E-state index contributed by atoms with van der Waals surface area (Å²) in [5.74, 6) is 0. The smallest absolute Gasteiger partial charge is 0.304 e. The Hall–Kier alpha value is -2.62. The second-order valence-electron chi connectivity index (χ2n) is 4.60. The fraction of sp³-hybridized carbons (Fsp3) is 0.125. The number of nitrogens with zero attached hydrogens (tertiary/aromatic N) is 2. The van der Waals surface area contributed by atoms with Crippen LogP contribution >= 0.6 is 0 Å². The monoisotopic (exact) mass is 266 g/mol. The minimum absolute atomic E-state index is 0.127. The van der Waals surface area contributed by atoms with Gasteiger partial charge in [0.25, 0.3) is 5.56 Å². The molecule has 4 nitrogen and oxygen atoms in total. The van der Waals surface area contributed by atoms with E-state index in [1.807, 2.05) is 43.3 Å². The molecule has 20 heavy (non-hydrogen) atoms. The van der Waals surface area contributed by atoms with Crippen molar-refractivity contribution in [2.45, 2.75) is 6.92 Å². The molecule has 0 aliphatic carbocycles. The standard InChI is InChI=1S/C16H14N2O2/c1-11-6-5-7-12(10-11)18-15(19)13-8-3-4-9-14(13)17-16(18)20-2/h3-10H,1-2H3. The number of hydrogen-bond acceptors (Lipinski definition) is 3. The van der Waals surface area contributed by atoms with Gasteiger partial charge < -0.3 is 4.74 Å². The van der Waals surface area contributed by atoms with Crippen molar-refractivity contribution in [1.29, 1.82) is 0 Å². The van der Waals surface area contributed by atoms with Crippen LogP contribution in [-0.4, -0.2) is 16.7 Å². The maximum absolute atomic E-state index is 12.7. The van der Waals surface area contributed by atoms with Crippen LogP contribution in [0.4, 0.5) is 0 Å². The van der Waals surface area contributed by atoms with E-state index in [0.717, 1.165) is 11.3 Å². The lowest BCUT2D eigenvalue weighted by atomic mass is 10.2. The van der Waals surface area contributed by atoms with Gasteiger partial charge >= 0.3 is 6.01 Å². The molecule has 3 rings (SSSR count). The second kappa shape index (κ2) is 4.81. The highest BCUT2D eigenvalue weighted by Gasteiger charge is 2.12. The first-order chi connectivity index (χ1) is 9.70. The highest BCUT2D eigenvalue weighted by atomic mass is 16.5. The predicted octanol–water partition coefficient (Wildman–Crippen LogP) is 2.70. The van der Waals surface area contributed by atoms with Crippen molar-refractivity contribution < 1.29 is 4.74 Å². The van der Waals surface area contributed by atoms with Crippen molar-refractivity contribution in [2.24, 2.45) is 0 Å². The third-order valence-electron chi connectivity index (χ3n) is 3.19. The van der Waals surface area contributed by atoms with Crippen LogP contribution in [0.1, 0.15) is 5.56 Å². The van der Waals surface area contributed by atoms with Gasteiger partial charge in [-0.05, 0) is 36.8 Å². The Kier molecular flexibility index (Phi) is 2.99. The highest BCUT2D eigenvalue weighted by Crippen LogP contribution is 2.18. The van der Waals surface area contributed by atoms with Crippen LogP contribution in [0.15, 0.2) is 53.3 Å². The topological polar surface area (TPSA) is 44.1 Å². The van der Waals surface area contributed by atoms with Gasteiger partial charge in [0.2, 0.25) is 0 Å². The molecule has 0 atom stereocenters. The van der Waals surface area contributed by atoms with Crippen molar-refractivity contribution in [3.8, 4) is 11.7 Å². The van der Waals surface area contributed by atoms with E-state index in [-0.39, 0.29) is 5.56 Å². The Labute approximate surface area is 116 Å². The van der Waals surface area contributed by atoms with E-state index < -0.39 is 0 Å². The SMILES string of the molecule is COc1nc2ccccc2c(=O)n1-c1cccc(C)c1. The molecule has 0 aliphatic heterocycles. The number of aryl methyl sites for hydroxylation is 1. The molecule has 0 saturated carbocycles. The first-order valence-electron chi connectivity index (χ1n) is 6.33. The van der Waals surface area contributed by atoms with Crippen LogP contribution in [0.5, 0.6) is 6.01 Å². The quantitative estimate of drug-likeness (QED) is 0.716. The van der Waals surface area contributed by atoms with Crippen LogP contribution in [0.2, 0.25) is 0 Å². The van der Waals surface area contributed by atoms with E-state index >= 15 is 0 Å². The largest absolute Gasteiger partial charge is 0.468 e. The summed E-state index contributed by atoms with van der Waals surface area (Å²) in [6, 6.07) is 15.2. The van der Waals surface area contributed by atoms with Crippen molar-refractivity contribution in [1.82, 2.24) is 9.55 Å². The average molecular weight is 266 g/mol. The third-order valence-corrected chi connectivity index (χ3v) is 3.19.